The van der Waals surface area contributed by atoms with Crippen molar-refractivity contribution in [3.63, 3.8) is 0 Å². The molecule has 0 aromatic carbocycles. The van der Waals surface area contributed by atoms with Gasteiger partial charge in [-0.1, -0.05) is 25.7 Å². The standard InChI is InChI=1S/C20H39N3O/c1-15(2)18(21-16-11-9-7-8-10-12-16)22-17-13-19(3,4)23(24)20(5,6)14-17/h16-17,21-22,24H,7-14H2,1-6H3. The molecular weight excluding hydrogens is 298 g/mol. The Morgan fingerprint density at radius 2 is 1.29 bits per heavy atom. The summed E-state index contributed by atoms with van der Waals surface area (Å²) in [6, 6.07) is 0.977. The minimum absolute atomic E-state index is 0.214. The molecule has 1 saturated heterocycles. The molecule has 0 aromatic rings. The highest BCUT2D eigenvalue weighted by Crippen LogP contribution is 2.37. The summed E-state index contributed by atoms with van der Waals surface area (Å²) in [7, 11) is 0. The Labute approximate surface area is 149 Å². The summed E-state index contributed by atoms with van der Waals surface area (Å²) in [6.07, 6.45) is 9.90. The van der Waals surface area contributed by atoms with Crippen molar-refractivity contribution >= 4 is 0 Å². The zero-order chi connectivity index (χ0) is 18.0. The molecule has 1 aliphatic carbocycles. The zero-order valence-corrected chi connectivity index (χ0v) is 16.7. The Balaban J connectivity index is 2.04. The van der Waals surface area contributed by atoms with E-state index in [1.54, 1.807) is 5.06 Å². The molecule has 2 rings (SSSR count). The number of piperidine rings is 1. The van der Waals surface area contributed by atoms with Crippen LogP contribution in [-0.2, 0) is 0 Å². The molecule has 0 aromatic heterocycles. The van der Waals surface area contributed by atoms with Crippen molar-refractivity contribution in [2.45, 2.75) is 116 Å². The Bertz CT molecular complexity index is 426. The second kappa shape index (κ2) is 7.65. The molecule has 1 saturated carbocycles. The summed E-state index contributed by atoms with van der Waals surface area (Å²) in [4.78, 5) is 0. The molecule has 0 bridgehead atoms. The van der Waals surface area contributed by atoms with Crippen molar-refractivity contribution in [1.29, 1.82) is 0 Å². The summed E-state index contributed by atoms with van der Waals surface area (Å²) in [5.41, 5.74) is 0.893. The lowest BCUT2D eigenvalue weighted by atomic mass is 9.79. The fourth-order valence-electron chi connectivity index (χ4n) is 4.53. The summed E-state index contributed by atoms with van der Waals surface area (Å²) in [5, 5.41) is 19.6. The van der Waals surface area contributed by atoms with Gasteiger partial charge in [0.2, 0.25) is 0 Å². The number of hydroxylamine groups is 2. The molecule has 0 unspecified atom stereocenters. The van der Waals surface area contributed by atoms with Crippen molar-refractivity contribution < 1.29 is 5.21 Å². The van der Waals surface area contributed by atoms with Gasteiger partial charge in [0.05, 0.1) is 5.82 Å². The van der Waals surface area contributed by atoms with E-state index in [0.717, 1.165) is 12.8 Å². The maximum Gasteiger partial charge on any atom is 0.0976 e. The first-order valence-electron chi connectivity index (χ1n) is 9.81. The molecule has 3 N–H and O–H groups in total. The predicted octanol–water partition coefficient (Wildman–Crippen LogP) is 4.55. The molecule has 1 heterocycles. The van der Waals surface area contributed by atoms with Gasteiger partial charge in [0.1, 0.15) is 0 Å². The highest BCUT2D eigenvalue weighted by atomic mass is 16.5. The van der Waals surface area contributed by atoms with Gasteiger partial charge >= 0.3 is 0 Å². The van der Waals surface area contributed by atoms with Crippen molar-refractivity contribution in [3.8, 4) is 0 Å². The third kappa shape index (κ3) is 4.89. The second-order valence-corrected chi connectivity index (χ2v) is 9.39. The molecule has 0 spiro atoms. The Morgan fingerprint density at radius 1 is 0.833 bits per heavy atom. The fraction of sp³-hybridized carbons (Fsp3) is 0.900. The molecule has 1 aliphatic heterocycles. The van der Waals surface area contributed by atoms with E-state index in [1.165, 1.54) is 49.9 Å². The summed E-state index contributed by atoms with van der Waals surface area (Å²) in [5.74, 6) is 1.21. The molecular formula is C20H39N3O. The third-order valence-electron chi connectivity index (χ3n) is 5.69. The predicted molar refractivity (Wildman–Crippen MR) is 101 cm³/mol. The van der Waals surface area contributed by atoms with Gasteiger partial charge in [-0.05, 0) is 72.8 Å². The first-order valence-corrected chi connectivity index (χ1v) is 9.81. The van der Waals surface area contributed by atoms with Crippen LogP contribution in [0, 0.1) is 0 Å². The van der Waals surface area contributed by atoms with E-state index in [4.69, 9.17) is 0 Å². The monoisotopic (exact) mass is 337 g/mol. The van der Waals surface area contributed by atoms with Crippen LogP contribution in [0.4, 0.5) is 0 Å². The first-order chi connectivity index (χ1) is 11.1. The molecule has 140 valence electrons. The van der Waals surface area contributed by atoms with Gasteiger partial charge < -0.3 is 15.8 Å². The topological polar surface area (TPSA) is 47.5 Å². The lowest BCUT2D eigenvalue weighted by molar-refractivity contribution is -0.245. The number of nitrogens with one attached hydrogen (secondary N) is 2. The molecule has 0 amide bonds. The summed E-state index contributed by atoms with van der Waals surface area (Å²) >= 11 is 0. The minimum Gasteiger partial charge on any atom is -0.369 e. The maximum absolute atomic E-state index is 10.5. The molecule has 2 fully saturated rings. The molecule has 0 atom stereocenters. The highest BCUT2D eigenvalue weighted by Gasteiger charge is 2.45. The number of hydrogen-bond donors (Lipinski definition) is 3. The number of nitrogens with zero attached hydrogens (tertiary/aromatic N) is 1. The van der Waals surface area contributed by atoms with Gasteiger partial charge in [-0.2, -0.15) is 5.06 Å². The van der Waals surface area contributed by atoms with E-state index in [1.807, 2.05) is 0 Å². The third-order valence-corrected chi connectivity index (χ3v) is 5.69. The first kappa shape index (κ1) is 19.6. The van der Waals surface area contributed by atoms with E-state index in [0.29, 0.717) is 12.1 Å². The van der Waals surface area contributed by atoms with Crippen molar-refractivity contribution in [1.82, 2.24) is 15.7 Å². The van der Waals surface area contributed by atoms with Gasteiger partial charge in [-0.15, -0.1) is 0 Å². The average Bonchev–Trinajstić information content (AvgIpc) is 2.72. The maximum atomic E-state index is 10.5. The van der Waals surface area contributed by atoms with Gasteiger partial charge in [-0.25, -0.2) is 0 Å². The SMILES string of the molecule is CC(C)=C(NC1CCCCCC1)NC1CC(C)(C)N(O)C(C)(C)C1. The van der Waals surface area contributed by atoms with E-state index in [2.05, 4.69) is 52.2 Å². The van der Waals surface area contributed by atoms with E-state index < -0.39 is 0 Å². The van der Waals surface area contributed by atoms with Crippen LogP contribution in [0.1, 0.15) is 92.9 Å². The van der Waals surface area contributed by atoms with Crippen molar-refractivity contribution in [2.75, 3.05) is 0 Å². The van der Waals surface area contributed by atoms with Crippen LogP contribution in [0.5, 0.6) is 0 Å². The van der Waals surface area contributed by atoms with Crippen LogP contribution in [0.2, 0.25) is 0 Å². The molecule has 4 nitrogen and oxygen atoms in total. The van der Waals surface area contributed by atoms with Crippen LogP contribution in [-0.4, -0.2) is 33.4 Å². The van der Waals surface area contributed by atoms with Crippen molar-refractivity contribution in [2.24, 2.45) is 0 Å². The van der Waals surface area contributed by atoms with E-state index in [9.17, 15) is 5.21 Å². The van der Waals surface area contributed by atoms with Crippen LogP contribution >= 0.6 is 0 Å². The Morgan fingerprint density at radius 3 is 1.75 bits per heavy atom. The Hall–Kier alpha value is -0.740. The molecule has 4 heteroatoms. The number of allylic oxidation sites excluding steroid dienone is 1. The average molecular weight is 338 g/mol. The lowest BCUT2D eigenvalue weighted by Crippen LogP contribution is -2.62. The quantitative estimate of drug-likeness (QED) is 0.659. The van der Waals surface area contributed by atoms with Crippen molar-refractivity contribution in [3.05, 3.63) is 11.4 Å². The highest BCUT2D eigenvalue weighted by molar-refractivity contribution is 5.11. The van der Waals surface area contributed by atoms with Gasteiger partial charge in [0.25, 0.3) is 0 Å². The lowest BCUT2D eigenvalue weighted by Gasteiger charge is -2.52. The summed E-state index contributed by atoms with van der Waals surface area (Å²) in [6.45, 7) is 12.9. The van der Waals surface area contributed by atoms with Gasteiger partial charge in [0, 0.05) is 23.2 Å². The summed E-state index contributed by atoms with van der Waals surface area (Å²) < 4.78 is 0. The Kier molecular flexibility index (Phi) is 6.24. The zero-order valence-electron chi connectivity index (χ0n) is 16.7. The van der Waals surface area contributed by atoms with E-state index in [-0.39, 0.29) is 11.1 Å². The van der Waals surface area contributed by atoms with Gasteiger partial charge in [0.15, 0.2) is 0 Å². The smallest absolute Gasteiger partial charge is 0.0976 e. The van der Waals surface area contributed by atoms with Crippen LogP contribution in [0.15, 0.2) is 11.4 Å². The number of hydrogen-bond acceptors (Lipinski definition) is 4. The van der Waals surface area contributed by atoms with Crippen LogP contribution in [0.3, 0.4) is 0 Å². The normalized spacial score (nSPS) is 25.8. The fourth-order valence-corrected chi connectivity index (χ4v) is 4.53. The largest absolute Gasteiger partial charge is 0.369 e. The second-order valence-electron chi connectivity index (χ2n) is 9.39. The molecule has 0 radical (unpaired) electrons. The number of rotatable bonds is 4. The minimum atomic E-state index is -0.214. The van der Waals surface area contributed by atoms with Crippen LogP contribution < -0.4 is 10.6 Å². The molecule has 2 aliphatic rings. The van der Waals surface area contributed by atoms with Gasteiger partial charge in [-0.3, -0.25) is 0 Å². The molecule has 24 heavy (non-hydrogen) atoms. The van der Waals surface area contributed by atoms with E-state index >= 15 is 0 Å². The van der Waals surface area contributed by atoms with Crippen LogP contribution in [0.25, 0.3) is 0 Å².